The fraction of sp³-hybridized carbons (Fsp3) is 0.167. The molecule has 0 saturated heterocycles. The number of hydrogen-bond acceptors (Lipinski definition) is 3. The molecular formula is C6H6N2O2. The number of carbonyl (C=O) groups excluding carboxylic acids is 1. The number of allylic oxidation sites excluding steroid dienone is 2. The summed E-state index contributed by atoms with van der Waals surface area (Å²) >= 11 is 0. The lowest BCUT2D eigenvalue weighted by atomic mass is 10.2. The number of nitroso groups, excluding NO2 is 1. The number of amides is 1. The van der Waals surface area contributed by atoms with Gasteiger partial charge in [-0.3, -0.25) is 4.79 Å². The monoisotopic (exact) mass is 138 g/mol. The molecule has 4 heteroatoms. The van der Waals surface area contributed by atoms with Gasteiger partial charge in [0.05, 0.1) is 0 Å². The molecule has 1 aliphatic rings. The zero-order valence-electron chi connectivity index (χ0n) is 5.20. The van der Waals surface area contributed by atoms with Crippen LogP contribution in [0.15, 0.2) is 29.1 Å². The van der Waals surface area contributed by atoms with Gasteiger partial charge in [-0.1, -0.05) is 6.08 Å². The summed E-state index contributed by atoms with van der Waals surface area (Å²) in [5, 5.41) is 5.06. The molecule has 4 nitrogen and oxygen atoms in total. The maximum atomic E-state index is 10.5. The highest BCUT2D eigenvalue weighted by atomic mass is 16.3. The lowest BCUT2D eigenvalue weighted by Gasteiger charge is -2.04. The van der Waals surface area contributed by atoms with E-state index in [0.717, 1.165) is 0 Å². The second kappa shape index (κ2) is 2.91. The van der Waals surface area contributed by atoms with Gasteiger partial charge in [0.15, 0.2) is 0 Å². The first-order valence-electron chi connectivity index (χ1n) is 2.81. The molecule has 0 fully saturated rings. The quantitative estimate of drug-likeness (QED) is 0.531. The maximum Gasteiger partial charge on any atom is 0.314 e. The summed E-state index contributed by atoms with van der Waals surface area (Å²) in [6, 6.07) is 0. The first kappa shape index (κ1) is 6.67. The molecule has 0 aromatic rings. The van der Waals surface area contributed by atoms with E-state index in [1.54, 1.807) is 18.4 Å². The van der Waals surface area contributed by atoms with E-state index >= 15 is 0 Å². The lowest BCUT2D eigenvalue weighted by molar-refractivity contribution is -0.114. The summed E-state index contributed by atoms with van der Waals surface area (Å²) in [7, 11) is 0. The largest absolute Gasteiger partial charge is 0.387 e. The SMILES string of the molecule is O=NC(=O)C1=CC=CNC1. The number of dihydropyridines is 1. The van der Waals surface area contributed by atoms with E-state index in [0.29, 0.717) is 12.1 Å². The molecule has 0 saturated carbocycles. The topological polar surface area (TPSA) is 58.5 Å². The van der Waals surface area contributed by atoms with Gasteiger partial charge in [0.1, 0.15) is 0 Å². The molecular weight excluding hydrogens is 132 g/mol. The van der Waals surface area contributed by atoms with Gasteiger partial charge in [0.25, 0.3) is 0 Å². The Balaban J connectivity index is 2.71. The van der Waals surface area contributed by atoms with E-state index < -0.39 is 5.91 Å². The maximum absolute atomic E-state index is 10.5. The van der Waals surface area contributed by atoms with Crippen LogP contribution < -0.4 is 5.32 Å². The van der Waals surface area contributed by atoms with E-state index in [1.807, 2.05) is 0 Å². The van der Waals surface area contributed by atoms with E-state index in [9.17, 15) is 9.70 Å². The second-order valence-electron chi connectivity index (χ2n) is 1.83. The fourth-order valence-electron chi connectivity index (χ4n) is 0.666. The number of hydrogen-bond donors (Lipinski definition) is 1. The predicted octanol–water partition coefficient (Wildman–Crippen LogP) is 0.323. The summed E-state index contributed by atoms with van der Waals surface area (Å²) in [5.41, 5.74) is 0.400. The molecule has 0 aliphatic carbocycles. The van der Waals surface area contributed by atoms with Gasteiger partial charge in [0, 0.05) is 17.3 Å². The smallest absolute Gasteiger partial charge is 0.314 e. The zero-order chi connectivity index (χ0) is 7.40. The molecule has 1 heterocycles. The molecule has 1 aliphatic heterocycles. The summed E-state index contributed by atoms with van der Waals surface area (Å²) in [6.45, 7) is 0.390. The number of carbonyl (C=O) groups is 1. The standard InChI is InChI=1S/C6H6N2O2/c9-6(8-10)5-2-1-3-7-4-5/h1-3,7H,4H2. The van der Waals surface area contributed by atoms with Gasteiger partial charge in [0.2, 0.25) is 0 Å². The van der Waals surface area contributed by atoms with Gasteiger partial charge in [-0.05, 0) is 12.3 Å². The third-order valence-electron chi connectivity index (χ3n) is 1.16. The highest BCUT2D eigenvalue weighted by Crippen LogP contribution is 1.99. The minimum absolute atomic E-state index is 0.390. The molecule has 0 radical (unpaired) electrons. The first-order chi connectivity index (χ1) is 4.84. The van der Waals surface area contributed by atoms with E-state index in [-0.39, 0.29) is 0 Å². The van der Waals surface area contributed by atoms with Gasteiger partial charge in [-0.2, -0.15) is 0 Å². The third kappa shape index (κ3) is 1.28. The molecule has 1 amide bonds. The lowest BCUT2D eigenvalue weighted by Crippen LogP contribution is -2.17. The third-order valence-corrected chi connectivity index (χ3v) is 1.16. The normalized spacial score (nSPS) is 15.4. The predicted molar refractivity (Wildman–Crippen MR) is 36.0 cm³/mol. The van der Waals surface area contributed by atoms with Crippen LogP contribution in [-0.4, -0.2) is 12.5 Å². The van der Waals surface area contributed by atoms with E-state index in [2.05, 4.69) is 10.5 Å². The number of nitrogens with one attached hydrogen (secondary N) is 1. The summed E-state index contributed by atoms with van der Waals surface area (Å²) < 4.78 is 0. The van der Waals surface area contributed by atoms with Crippen molar-refractivity contribution in [1.29, 1.82) is 0 Å². The van der Waals surface area contributed by atoms with Gasteiger partial charge in [-0.25, -0.2) is 0 Å². The molecule has 0 spiro atoms. The van der Waals surface area contributed by atoms with Crippen molar-refractivity contribution in [3.05, 3.63) is 28.8 Å². The van der Waals surface area contributed by atoms with Crippen molar-refractivity contribution in [2.24, 2.45) is 5.18 Å². The first-order valence-corrected chi connectivity index (χ1v) is 2.81. The average Bonchev–Trinajstić information content (AvgIpc) is 2.05. The molecule has 0 aromatic carbocycles. The van der Waals surface area contributed by atoms with Crippen LogP contribution in [0.2, 0.25) is 0 Å². The van der Waals surface area contributed by atoms with Crippen LogP contribution in [0.25, 0.3) is 0 Å². The van der Waals surface area contributed by atoms with Crippen LogP contribution in [0, 0.1) is 4.91 Å². The van der Waals surface area contributed by atoms with Gasteiger partial charge in [-0.15, -0.1) is 4.91 Å². The molecule has 1 N–H and O–H groups in total. The molecule has 52 valence electrons. The van der Waals surface area contributed by atoms with Crippen LogP contribution in [-0.2, 0) is 4.79 Å². The Bertz CT molecular complexity index is 218. The summed E-state index contributed by atoms with van der Waals surface area (Å²) in [4.78, 5) is 20.3. The highest BCUT2D eigenvalue weighted by molar-refractivity contribution is 5.94. The molecule has 0 aromatic heterocycles. The van der Waals surface area contributed by atoms with Crippen LogP contribution in [0.3, 0.4) is 0 Å². The van der Waals surface area contributed by atoms with Crippen molar-refractivity contribution in [2.45, 2.75) is 0 Å². The van der Waals surface area contributed by atoms with Crippen molar-refractivity contribution in [3.63, 3.8) is 0 Å². The Morgan fingerprint density at radius 3 is 3.00 bits per heavy atom. The van der Waals surface area contributed by atoms with Crippen molar-refractivity contribution in [1.82, 2.24) is 5.32 Å². The minimum Gasteiger partial charge on any atom is -0.387 e. The summed E-state index contributed by atoms with van der Waals surface area (Å²) in [5.74, 6) is -0.697. The number of rotatable bonds is 1. The molecule has 0 bridgehead atoms. The summed E-state index contributed by atoms with van der Waals surface area (Å²) in [6.07, 6.45) is 4.92. The fourth-order valence-corrected chi connectivity index (χ4v) is 0.666. The highest BCUT2D eigenvalue weighted by Gasteiger charge is 2.08. The Kier molecular flexibility index (Phi) is 1.94. The van der Waals surface area contributed by atoms with Crippen LogP contribution in [0.1, 0.15) is 0 Å². The number of nitrogens with zero attached hydrogens (tertiary/aromatic N) is 1. The Hall–Kier alpha value is -1.45. The van der Waals surface area contributed by atoms with Gasteiger partial charge >= 0.3 is 5.91 Å². The molecule has 10 heavy (non-hydrogen) atoms. The van der Waals surface area contributed by atoms with Gasteiger partial charge < -0.3 is 5.32 Å². The molecule has 0 unspecified atom stereocenters. The Morgan fingerprint density at radius 2 is 2.50 bits per heavy atom. The Labute approximate surface area is 57.6 Å². The van der Waals surface area contributed by atoms with Crippen molar-refractivity contribution in [2.75, 3.05) is 6.54 Å². The van der Waals surface area contributed by atoms with E-state index in [4.69, 9.17) is 0 Å². The van der Waals surface area contributed by atoms with Crippen molar-refractivity contribution >= 4 is 5.91 Å². The second-order valence-corrected chi connectivity index (χ2v) is 1.83. The minimum atomic E-state index is -0.697. The zero-order valence-corrected chi connectivity index (χ0v) is 5.20. The van der Waals surface area contributed by atoms with Crippen LogP contribution in [0.4, 0.5) is 0 Å². The molecule has 1 rings (SSSR count). The van der Waals surface area contributed by atoms with Crippen LogP contribution >= 0.6 is 0 Å². The van der Waals surface area contributed by atoms with Crippen molar-refractivity contribution in [3.8, 4) is 0 Å². The van der Waals surface area contributed by atoms with Crippen LogP contribution in [0.5, 0.6) is 0 Å². The average molecular weight is 138 g/mol. The van der Waals surface area contributed by atoms with E-state index in [1.165, 1.54) is 0 Å². The van der Waals surface area contributed by atoms with Crippen molar-refractivity contribution < 1.29 is 4.79 Å². The molecule has 0 atom stereocenters. The Morgan fingerprint density at radius 1 is 1.70 bits per heavy atom.